The first-order valence-electron chi connectivity index (χ1n) is 9.51. The van der Waals surface area contributed by atoms with Gasteiger partial charge in [0, 0.05) is 23.8 Å². The van der Waals surface area contributed by atoms with E-state index in [1.807, 2.05) is 55.5 Å². The van der Waals surface area contributed by atoms with E-state index in [-0.39, 0.29) is 11.6 Å². The summed E-state index contributed by atoms with van der Waals surface area (Å²) in [7, 11) is 1.61. The van der Waals surface area contributed by atoms with Crippen molar-refractivity contribution in [2.24, 2.45) is 0 Å². The molecule has 8 nitrogen and oxygen atoms in total. The van der Waals surface area contributed by atoms with Crippen LogP contribution in [-0.4, -0.2) is 38.0 Å². The van der Waals surface area contributed by atoms with Crippen LogP contribution < -0.4 is 10.1 Å². The Bertz CT molecular complexity index is 1180. The summed E-state index contributed by atoms with van der Waals surface area (Å²) in [6.45, 7) is 1.94. The number of anilines is 1. The molecule has 9 heteroatoms. The minimum Gasteiger partial charge on any atom is -0.497 e. The van der Waals surface area contributed by atoms with Gasteiger partial charge in [0.25, 0.3) is 5.91 Å². The van der Waals surface area contributed by atoms with E-state index in [2.05, 4.69) is 25.6 Å². The monoisotopic (exact) mass is 432 g/mol. The second-order valence-corrected chi connectivity index (χ2v) is 7.53. The molecule has 2 heterocycles. The van der Waals surface area contributed by atoms with Crippen molar-refractivity contribution in [2.45, 2.75) is 17.8 Å². The third kappa shape index (κ3) is 4.72. The van der Waals surface area contributed by atoms with Gasteiger partial charge in [-0.3, -0.25) is 4.79 Å². The smallest absolute Gasteiger partial charge is 0.278 e. The van der Waals surface area contributed by atoms with Gasteiger partial charge >= 0.3 is 0 Å². The van der Waals surface area contributed by atoms with Crippen LogP contribution in [0.4, 0.5) is 5.69 Å². The minimum absolute atomic E-state index is 0.252. The van der Waals surface area contributed by atoms with E-state index in [9.17, 15) is 4.79 Å². The molecule has 0 aliphatic rings. The molecule has 1 N–H and O–H groups in total. The second kappa shape index (κ2) is 9.40. The average molecular weight is 433 g/mol. The maximum atomic E-state index is 13.1. The number of carbonyl (C=O) groups excluding carboxylic acids is 1. The van der Waals surface area contributed by atoms with E-state index in [0.29, 0.717) is 16.6 Å². The standard InChI is InChI=1S/C22H20N6O2S/c1-15-6-3-4-7-18(15)25-21(29)20-19(14-31-22-23-12-5-13-24-22)28(27-26-20)16-8-10-17(30-2)11-9-16/h3-13H,14H2,1-2H3,(H,25,29). The fourth-order valence-corrected chi connectivity index (χ4v) is 3.72. The summed E-state index contributed by atoms with van der Waals surface area (Å²) < 4.78 is 6.89. The number of para-hydroxylation sites is 1. The molecule has 0 saturated carbocycles. The van der Waals surface area contributed by atoms with Gasteiger partial charge in [0.1, 0.15) is 5.75 Å². The first-order valence-corrected chi connectivity index (χ1v) is 10.5. The highest BCUT2D eigenvalue weighted by Gasteiger charge is 2.22. The van der Waals surface area contributed by atoms with Gasteiger partial charge in [0.05, 0.1) is 18.5 Å². The lowest BCUT2D eigenvalue weighted by atomic mass is 10.2. The summed E-state index contributed by atoms with van der Waals surface area (Å²) in [4.78, 5) is 21.5. The Balaban J connectivity index is 1.67. The molecule has 0 aliphatic carbocycles. The van der Waals surface area contributed by atoms with Crippen LogP contribution >= 0.6 is 11.8 Å². The number of carbonyl (C=O) groups is 1. The Morgan fingerprint density at radius 2 is 1.81 bits per heavy atom. The molecule has 2 aromatic carbocycles. The number of nitrogens with one attached hydrogen (secondary N) is 1. The van der Waals surface area contributed by atoms with Crippen molar-refractivity contribution in [3.8, 4) is 11.4 Å². The summed E-state index contributed by atoms with van der Waals surface area (Å²) in [5.74, 6) is 0.827. The van der Waals surface area contributed by atoms with E-state index < -0.39 is 0 Å². The van der Waals surface area contributed by atoms with E-state index >= 15 is 0 Å². The maximum Gasteiger partial charge on any atom is 0.278 e. The zero-order valence-electron chi connectivity index (χ0n) is 17.0. The largest absolute Gasteiger partial charge is 0.497 e. The Morgan fingerprint density at radius 3 is 2.52 bits per heavy atom. The summed E-state index contributed by atoms with van der Waals surface area (Å²) in [6.07, 6.45) is 3.36. The van der Waals surface area contributed by atoms with Crippen LogP contribution in [-0.2, 0) is 5.75 Å². The zero-order valence-corrected chi connectivity index (χ0v) is 17.8. The van der Waals surface area contributed by atoms with Gasteiger partial charge in [0.2, 0.25) is 0 Å². The predicted octanol–water partition coefficient (Wildman–Crippen LogP) is 3.92. The molecule has 0 radical (unpaired) electrons. The topological polar surface area (TPSA) is 94.8 Å². The number of rotatable bonds is 7. The Hall–Kier alpha value is -3.72. The van der Waals surface area contributed by atoms with Crippen molar-refractivity contribution in [1.29, 1.82) is 0 Å². The predicted molar refractivity (Wildman–Crippen MR) is 119 cm³/mol. The fourth-order valence-electron chi connectivity index (χ4n) is 2.93. The Labute approximate surface area is 183 Å². The number of aryl methyl sites for hydroxylation is 1. The van der Waals surface area contributed by atoms with Crippen LogP contribution in [0.25, 0.3) is 5.69 Å². The highest BCUT2D eigenvalue weighted by molar-refractivity contribution is 7.98. The van der Waals surface area contributed by atoms with Gasteiger partial charge in [-0.15, -0.1) is 5.10 Å². The highest BCUT2D eigenvalue weighted by atomic mass is 32.2. The van der Waals surface area contributed by atoms with Gasteiger partial charge < -0.3 is 10.1 Å². The molecule has 0 fully saturated rings. The second-order valence-electron chi connectivity index (χ2n) is 6.58. The lowest BCUT2D eigenvalue weighted by Crippen LogP contribution is -2.16. The van der Waals surface area contributed by atoms with Crippen LogP contribution in [0.2, 0.25) is 0 Å². The van der Waals surface area contributed by atoms with E-state index in [0.717, 1.165) is 22.7 Å². The molecule has 31 heavy (non-hydrogen) atoms. The summed E-state index contributed by atoms with van der Waals surface area (Å²) in [5, 5.41) is 12.0. The average Bonchev–Trinajstić information content (AvgIpc) is 3.24. The van der Waals surface area contributed by atoms with Crippen molar-refractivity contribution < 1.29 is 9.53 Å². The first kappa shape index (κ1) is 20.5. The van der Waals surface area contributed by atoms with Crippen molar-refractivity contribution >= 4 is 23.4 Å². The molecule has 4 rings (SSSR count). The SMILES string of the molecule is COc1ccc(-n2nnc(C(=O)Nc3ccccc3C)c2CSc2ncccn2)cc1. The third-order valence-corrected chi connectivity index (χ3v) is 5.46. The van der Waals surface area contributed by atoms with Crippen LogP contribution in [0.3, 0.4) is 0 Å². The number of hydrogen-bond acceptors (Lipinski definition) is 7. The van der Waals surface area contributed by atoms with E-state index in [4.69, 9.17) is 4.74 Å². The van der Waals surface area contributed by atoms with E-state index in [1.165, 1.54) is 11.8 Å². The molecule has 0 unspecified atom stereocenters. The van der Waals surface area contributed by atoms with Crippen LogP contribution in [0.5, 0.6) is 5.75 Å². The number of benzene rings is 2. The molecule has 156 valence electrons. The van der Waals surface area contributed by atoms with Crippen molar-refractivity contribution in [2.75, 3.05) is 12.4 Å². The number of thioether (sulfide) groups is 1. The summed E-state index contributed by atoms with van der Waals surface area (Å²) >= 11 is 1.41. The van der Waals surface area contributed by atoms with Gasteiger partial charge in [0.15, 0.2) is 10.9 Å². The van der Waals surface area contributed by atoms with Gasteiger partial charge in [-0.25, -0.2) is 14.6 Å². The summed E-state index contributed by atoms with van der Waals surface area (Å²) in [6, 6.07) is 16.7. The van der Waals surface area contributed by atoms with Gasteiger partial charge in [-0.1, -0.05) is 35.2 Å². The third-order valence-electron chi connectivity index (χ3n) is 4.57. The number of aromatic nitrogens is 5. The molecule has 0 saturated heterocycles. The molecule has 0 aliphatic heterocycles. The van der Waals surface area contributed by atoms with Crippen LogP contribution in [0, 0.1) is 6.92 Å². The van der Waals surface area contributed by atoms with Crippen molar-refractivity contribution in [1.82, 2.24) is 25.0 Å². The number of methoxy groups -OCH3 is 1. The molecular formula is C22H20N6O2S. The maximum absolute atomic E-state index is 13.1. The van der Waals surface area contributed by atoms with E-state index in [1.54, 1.807) is 30.3 Å². The van der Waals surface area contributed by atoms with Gasteiger partial charge in [-0.2, -0.15) is 0 Å². The Morgan fingerprint density at radius 1 is 1.06 bits per heavy atom. The zero-order chi connectivity index (χ0) is 21.6. The van der Waals surface area contributed by atoms with Crippen LogP contribution in [0.1, 0.15) is 21.7 Å². The quantitative estimate of drug-likeness (QED) is 0.349. The molecular weight excluding hydrogens is 412 g/mol. The molecule has 0 atom stereocenters. The van der Waals surface area contributed by atoms with Crippen molar-refractivity contribution in [3.05, 3.63) is 83.9 Å². The van der Waals surface area contributed by atoms with Crippen LogP contribution in [0.15, 0.2) is 72.1 Å². The summed E-state index contributed by atoms with van der Waals surface area (Å²) in [5.41, 5.74) is 3.37. The highest BCUT2D eigenvalue weighted by Crippen LogP contribution is 2.24. The molecule has 0 bridgehead atoms. The normalized spacial score (nSPS) is 10.6. The lowest BCUT2D eigenvalue weighted by molar-refractivity contribution is 0.102. The Kier molecular flexibility index (Phi) is 6.23. The number of ether oxygens (including phenoxy) is 1. The number of nitrogens with zero attached hydrogens (tertiary/aromatic N) is 5. The number of amides is 1. The molecule has 1 amide bonds. The number of hydrogen-bond donors (Lipinski definition) is 1. The van der Waals surface area contributed by atoms with Crippen molar-refractivity contribution in [3.63, 3.8) is 0 Å². The molecule has 4 aromatic rings. The lowest BCUT2D eigenvalue weighted by Gasteiger charge is -2.10. The van der Waals surface area contributed by atoms with Gasteiger partial charge in [-0.05, 0) is 48.9 Å². The molecule has 2 aromatic heterocycles. The molecule has 0 spiro atoms. The fraction of sp³-hybridized carbons (Fsp3) is 0.136. The minimum atomic E-state index is -0.321. The first-order chi connectivity index (χ1) is 15.2.